The standard InChI is InChI=1S/C17H24FN5/c1-12-15(13(2)23(4)22-12)9-10-20-17(19-3)21-11-14-7-5-6-8-16(14)18/h5-8H,9-11H2,1-4H3,(H2,19,20,21). The summed E-state index contributed by atoms with van der Waals surface area (Å²) in [6, 6.07) is 6.73. The van der Waals surface area contributed by atoms with Crippen molar-refractivity contribution in [3.05, 3.63) is 52.6 Å². The van der Waals surface area contributed by atoms with Gasteiger partial charge in [-0.25, -0.2) is 4.39 Å². The van der Waals surface area contributed by atoms with Crippen molar-refractivity contribution < 1.29 is 4.39 Å². The van der Waals surface area contributed by atoms with Gasteiger partial charge < -0.3 is 10.6 Å². The second-order valence-electron chi connectivity index (χ2n) is 5.47. The Bertz CT molecular complexity index is 690. The second-order valence-corrected chi connectivity index (χ2v) is 5.47. The molecule has 5 nitrogen and oxygen atoms in total. The molecule has 1 heterocycles. The van der Waals surface area contributed by atoms with E-state index in [2.05, 4.69) is 27.6 Å². The normalized spacial score (nSPS) is 11.6. The van der Waals surface area contributed by atoms with Crippen molar-refractivity contribution in [1.29, 1.82) is 0 Å². The Hall–Kier alpha value is -2.37. The lowest BCUT2D eigenvalue weighted by Gasteiger charge is -2.12. The summed E-state index contributed by atoms with van der Waals surface area (Å²) in [5, 5.41) is 10.8. The van der Waals surface area contributed by atoms with E-state index in [0.717, 1.165) is 18.7 Å². The van der Waals surface area contributed by atoms with Crippen LogP contribution in [0.4, 0.5) is 4.39 Å². The number of hydrogen-bond acceptors (Lipinski definition) is 2. The van der Waals surface area contributed by atoms with Gasteiger partial charge in [0, 0.05) is 38.4 Å². The third-order valence-corrected chi connectivity index (χ3v) is 3.95. The molecule has 0 unspecified atom stereocenters. The Morgan fingerprint density at radius 3 is 2.61 bits per heavy atom. The number of nitrogens with one attached hydrogen (secondary N) is 2. The largest absolute Gasteiger partial charge is 0.356 e. The van der Waals surface area contributed by atoms with Gasteiger partial charge in [-0.2, -0.15) is 5.10 Å². The van der Waals surface area contributed by atoms with Crippen molar-refractivity contribution in [3.63, 3.8) is 0 Å². The Labute approximate surface area is 136 Å². The quantitative estimate of drug-likeness (QED) is 0.656. The summed E-state index contributed by atoms with van der Waals surface area (Å²) in [4.78, 5) is 4.17. The average molecular weight is 317 g/mol. The lowest BCUT2D eigenvalue weighted by Crippen LogP contribution is -2.38. The summed E-state index contributed by atoms with van der Waals surface area (Å²) in [6.07, 6.45) is 0.867. The molecule has 0 aliphatic rings. The third kappa shape index (κ3) is 4.31. The van der Waals surface area contributed by atoms with Crippen molar-refractivity contribution in [2.45, 2.75) is 26.8 Å². The molecule has 0 aliphatic carbocycles. The van der Waals surface area contributed by atoms with E-state index in [1.54, 1.807) is 19.2 Å². The van der Waals surface area contributed by atoms with Crippen LogP contribution in [-0.2, 0) is 20.0 Å². The highest BCUT2D eigenvalue weighted by atomic mass is 19.1. The molecule has 0 bridgehead atoms. The maximum absolute atomic E-state index is 13.6. The fourth-order valence-corrected chi connectivity index (χ4v) is 2.53. The van der Waals surface area contributed by atoms with Crippen LogP contribution in [0.25, 0.3) is 0 Å². The topological polar surface area (TPSA) is 54.2 Å². The van der Waals surface area contributed by atoms with E-state index < -0.39 is 0 Å². The number of benzene rings is 1. The van der Waals surface area contributed by atoms with Gasteiger partial charge in [0.2, 0.25) is 0 Å². The molecule has 23 heavy (non-hydrogen) atoms. The Balaban J connectivity index is 1.85. The number of rotatable bonds is 5. The van der Waals surface area contributed by atoms with Crippen LogP contribution in [0.2, 0.25) is 0 Å². The van der Waals surface area contributed by atoms with Gasteiger partial charge in [0.05, 0.1) is 5.69 Å². The van der Waals surface area contributed by atoms with Crippen molar-refractivity contribution in [2.24, 2.45) is 12.0 Å². The zero-order valence-electron chi connectivity index (χ0n) is 14.2. The molecule has 0 atom stereocenters. The SMILES string of the molecule is CN=C(NCCc1c(C)nn(C)c1C)NCc1ccccc1F. The first-order valence-corrected chi connectivity index (χ1v) is 7.70. The summed E-state index contributed by atoms with van der Waals surface area (Å²) in [6.45, 7) is 5.23. The molecule has 2 rings (SSSR count). The van der Waals surface area contributed by atoms with Gasteiger partial charge in [-0.1, -0.05) is 18.2 Å². The molecule has 0 spiro atoms. The maximum atomic E-state index is 13.6. The van der Waals surface area contributed by atoms with E-state index in [9.17, 15) is 4.39 Å². The van der Waals surface area contributed by atoms with Crippen LogP contribution < -0.4 is 10.6 Å². The number of aromatic nitrogens is 2. The number of halogens is 1. The number of aliphatic imine (C=N–C) groups is 1. The number of hydrogen-bond donors (Lipinski definition) is 2. The highest BCUT2D eigenvalue weighted by Gasteiger charge is 2.09. The first-order chi connectivity index (χ1) is 11.0. The van der Waals surface area contributed by atoms with Crippen LogP contribution in [0, 0.1) is 19.7 Å². The van der Waals surface area contributed by atoms with Crippen molar-refractivity contribution in [3.8, 4) is 0 Å². The molecule has 2 N–H and O–H groups in total. The molecular formula is C17H24FN5. The van der Waals surface area contributed by atoms with Gasteiger partial charge in [0.25, 0.3) is 0 Å². The van der Waals surface area contributed by atoms with Crippen molar-refractivity contribution >= 4 is 5.96 Å². The molecule has 2 aromatic rings. The number of guanidine groups is 1. The van der Waals surface area contributed by atoms with Crippen LogP contribution >= 0.6 is 0 Å². The minimum atomic E-state index is -0.211. The van der Waals surface area contributed by atoms with Crippen LogP contribution in [0.1, 0.15) is 22.5 Å². The fourth-order valence-electron chi connectivity index (χ4n) is 2.53. The summed E-state index contributed by atoms with van der Waals surface area (Å²) in [5.74, 6) is 0.449. The Morgan fingerprint density at radius 2 is 2.00 bits per heavy atom. The molecule has 124 valence electrons. The molecule has 0 fully saturated rings. The van der Waals surface area contributed by atoms with E-state index in [1.807, 2.05) is 24.7 Å². The first-order valence-electron chi connectivity index (χ1n) is 7.70. The second kappa shape index (κ2) is 7.76. The van der Waals surface area contributed by atoms with Crippen LogP contribution in [0.15, 0.2) is 29.3 Å². The van der Waals surface area contributed by atoms with Crippen molar-refractivity contribution in [2.75, 3.05) is 13.6 Å². The molecule has 1 aromatic carbocycles. The molecule has 0 radical (unpaired) electrons. The summed E-state index contributed by atoms with van der Waals surface area (Å²) >= 11 is 0. The van der Waals surface area contributed by atoms with E-state index in [0.29, 0.717) is 18.1 Å². The van der Waals surface area contributed by atoms with Gasteiger partial charge in [-0.15, -0.1) is 0 Å². The summed E-state index contributed by atoms with van der Waals surface area (Å²) in [7, 11) is 3.66. The summed E-state index contributed by atoms with van der Waals surface area (Å²) < 4.78 is 15.5. The zero-order chi connectivity index (χ0) is 16.8. The summed E-state index contributed by atoms with van der Waals surface area (Å²) in [5.41, 5.74) is 4.11. The Morgan fingerprint density at radius 1 is 1.26 bits per heavy atom. The number of nitrogens with zero attached hydrogens (tertiary/aromatic N) is 3. The minimum absolute atomic E-state index is 0.211. The maximum Gasteiger partial charge on any atom is 0.191 e. The lowest BCUT2D eigenvalue weighted by atomic mass is 10.1. The van der Waals surface area contributed by atoms with Crippen molar-refractivity contribution in [1.82, 2.24) is 20.4 Å². The molecule has 0 amide bonds. The van der Waals surface area contributed by atoms with Gasteiger partial charge in [0.1, 0.15) is 5.82 Å². The average Bonchev–Trinajstić information content (AvgIpc) is 2.78. The molecule has 0 aliphatic heterocycles. The van der Waals surface area contributed by atoms with Crippen LogP contribution in [0.3, 0.4) is 0 Å². The molecule has 1 aromatic heterocycles. The molecule has 6 heteroatoms. The zero-order valence-corrected chi connectivity index (χ0v) is 14.2. The van der Waals surface area contributed by atoms with Gasteiger partial charge in [-0.3, -0.25) is 9.67 Å². The number of aryl methyl sites for hydroxylation is 2. The molecule has 0 saturated heterocycles. The van der Waals surface area contributed by atoms with E-state index in [1.165, 1.54) is 17.3 Å². The molecular weight excluding hydrogens is 293 g/mol. The van der Waals surface area contributed by atoms with E-state index in [-0.39, 0.29) is 5.82 Å². The van der Waals surface area contributed by atoms with Gasteiger partial charge in [-0.05, 0) is 31.9 Å². The van der Waals surface area contributed by atoms with E-state index in [4.69, 9.17) is 0 Å². The fraction of sp³-hybridized carbons (Fsp3) is 0.412. The van der Waals surface area contributed by atoms with Crippen LogP contribution in [-0.4, -0.2) is 29.3 Å². The predicted molar refractivity (Wildman–Crippen MR) is 91.0 cm³/mol. The third-order valence-electron chi connectivity index (χ3n) is 3.95. The first kappa shape index (κ1) is 17.0. The highest BCUT2D eigenvalue weighted by molar-refractivity contribution is 5.79. The van der Waals surface area contributed by atoms with Gasteiger partial charge >= 0.3 is 0 Å². The highest BCUT2D eigenvalue weighted by Crippen LogP contribution is 2.11. The van der Waals surface area contributed by atoms with E-state index >= 15 is 0 Å². The smallest absolute Gasteiger partial charge is 0.191 e. The predicted octanol–water partition coefficient (Wildman–Crippen LogP) is 2.08. The van der Waals surface area contributed by atoms with Crippen LogP contribution in [0.5, 0.6) is 0 Å². The lowest BCUT2D eigenvalue weighted by molar-refractivity contribution is 0.604. The molecule has 0 saturated carbocycles. The minimum Gasteiger partial charge on any atom is -0.356 e. The Kier molecular flexibility index (Phi) is 5.73. The monoisotopic (exact) mass is 317 g/mol. The van der Waals surface area contributed by atoms with Gasteiger partial charge in [0.15, 0.2) is 5.96 Å².